The minimum absolute atomic E-state index is 0.0108. The predicted molar refractivity (Wildman–Crippen MR) is 59.6 cm³/mol. The number of nitrogens with zero attached hydrogens (tertiary/aromatic N) is 3. The molecule has 6 nitrogen and oxygen atoms in total. The second kappa shape index (κ2) is 6.81. The smallest absolute Gasteiger partial charge is 0.242 e. The van der Waals surface area contributed by atoms with Crippen LogP contribution in [0.2, 0.25) is 0 Å². The zero-order valence-corrected chi connectivity index (χ0v) is 10.3. The molecule has 6 heteroatoms. The summed E-state index contributed by atoms with van der Waals surface area (Å²) in [6, 6.07) is 0. The van der Waals surface area contributed by atoms with Crippen molar-refractivity contribution in [1.82, 2.24) is 14.7 Å². The number of hydrogen-bond acceptors (Lipinski definition) is 3. The van der Waals surface area contributed by atoms with E-state index in [9.17, 15) is 14.4 Å². The van der Waals surface area contributed by atoms with E-state index in [1.54, 1.807) is 14.1 Å². The molecule has 0 radical (unpaired) electrons. The molecule has 0 aromatic carbocycles. The first-order valence-corrected chi connectivity index (χ1v) is 5.05. The van der Waals surface area contributed by atoms with Gasteiger partial charge in [0.1, 0.15) is 0 Å². The third-order valence-corrected chi connectivity index (χ3v) is 2.26. The van der Waals surface area contributed by atoms with Crippen molar-refractivity contribution in [1.29, 1.82) is 0 Å². The van der Waals surface area contributed by atoms with Crippen LogP contribution >= 0.6 is 0 Å². The van der Waals surface area contributed by atoms with Gasteiger partial charge in [-0.15, -0.1) is 0 Å². The number of likely N-dealkylation sites (N-methyl/N-ethyl adjacent to an activating group) is 3. The lowest BCUT2D eigenvalue weighted by Gasteiger charge is -2.22. The largest absolute Gasteiger partial charge is 0.345 e. The van der Waals surface area contributed by atoms with Gasteiger partial charge in [-0.25, -0.2) is 0 Å². The molecule has 0 aliphatic heterocycles. The summed E-state index contributed by atoms with van der Waals surface area (Å²) in [6.07, 6.45) is 0.575. The van der Waals surface area contributed by atoms with Gasteiger partial charge in [-0.2, -0.15) is 0 Å². The fourth-order valence-electron chi connectivity index (χ4n) is 0.959. The van der Waals surface area contributed by atoms with Gasteiger partial charge in [0.2, 0.25) is 18.2 Å². The van der Waals surface area contributed by atoms with Gasteiger partial charge in [0.15, 0.2) is 0 Å². The molecule has 0 saturated carbocycles. The van der Waals surface area contributed by atoms with E-state index in [0.717, 1.165) is 0 Å². The first kappa shape index (κ1) is 14.4. The summed E-state index contributed by atoms with van der Waals surface area (Å²) >= 11 is 0. The number of hydrogen-bond donors (Lipinski definition) is 0. The van der Waals surface area contributed by atoms with Crippen LogP contribution in [0.1, 0.15) is 6.92 Å². The van der Waals surface area contributed by atoms with Crippen molar-refractivity contribution in [2.45, 2.75) is 6.92 Å². The fourth-order valence-corrected chi connectivity index (χ4v) is 0.959. The molecule has 0 spiro atoms. The summed E-state index contributed by atoms with van der Waals surface area (Å²) in [7, 11) is 4.74. The van der Waals surface area contributed by atoms with Crippen LogP contribution in [0.3, 0.4) is 0 Å². The van der Waals surface area contributed by atoms with Crippen LogP contribution in [-0.2, 0) is 14.4 Å². The zero-order valence-electron chi connectivity index (χ0n) is 10.3. The zero-order chi connectivity index (χ0) is 12.7. The second-order valence-corrected chi connectivity index (χ2v) is 3.68. The monoisotopic (exact) mass is 229 g/mol. The molecule has 0 unspecified atom stereocenters. The van der Waals surface area contributed by atoms with E-state index in [1.165, 1.54) is 21.7 Å². The average molecular weight is 229 g/mol. The SMILES string of the molecule is CCN(C)C(=O)CN(C)C(=O)CN(C)C=O. The van der Waals surface area contributed by atoms with Crippen molar-refractivity contribution >= 4 is 18.2 Å². The summed E-state index contributed by atoms with van der Waals surface area (Å²) in [5, 5.41) is 0. The van der Waals surface area contributed by atoms with Crippen LogP contribution in [0.4, 0.5) is 0 Å². The van der Waals surface area contributed by atoms with Crippen molar-refractivity contribution in [3.63, 3.8) is 0 Å². The quantitative estimate of drug-likeness (QED) is 0.549. The molecule has 3 amide bonds. The highest BCUT2D eigenvalue weighted by Crippen LogP contribution is 1.91. The Morgan fingerprint density at radius 1 is 1.00 bits per heavy atom. The number of carbonyl (C=O) groups is 3. The van der Waals surface area contributed by atoms with Crippen LogP contribution in [0.5, 0.6) is 0 Å². The van der Waals surface area contributed by atoms with Crippen molar-refractivity contribution in [2.75, 3.05) is 40.8 Å². The third-order valence-electron chi connectivity index (χ3n) is 2.26. The molecule has 0 fully saturated rings. The van der Waals surface area contributed by atoms with Gasteiger partial charge in [0.25, 0.3) is 0 Å². The lowest BCUT2D eigenvalue weighted by atomic mass is 10.4. The maximum atomic E-state index is 11.5. The fraction of sp³-hybridized carbons (Fsp3) is 0.700. The Balaban J connectivity index is 4.15. The second-order valence-electron chi connectivity index (χ2n) is 3.68. The van der Waals surface area contributed by atoms with E-state index in [-0.39, 0.29) is 24.9 Å². The molecule has 0 N–H and O–H groups in total. The van der Waals surface area contributed by atoms with Crippen LogP contribution in [-0.4, -0.2) is 73.7 Å². The Hall–Kier alpha value is -1.59. The highest BCUT2D eigenvalue weighted by molar-refractivity contribution is 5.86. The molecule has 92 valence electrons. The molecule has 0 bridgehead atoms. The lowest BCUT2D eigenvalue weighted by molar-refractivity contribution is -0.139. The van der Waals surface area contributed by atoms with E-state index >= 15 is 0 Å². The Morgan fingerprint density at radius 3 is 1.94 bits per heavy atom. The van der Waals surface area contributed by atoms with Gasteiger partial charge in [-0.3, -0.25) is 14.4 Å². The van der Waals surface area contributed by atoms with Crippen molar-refractivity contribution < 1.29 is 14.4 Å². The Kier molecular flexibility index (Phi) is 6.14. The standard InChI is InChI=1S/C10H19N3O3/c1-5-12(3)10(16)7-13(4)9(15)6-11(2)8-14/h8H,5-7H2,1-4H3. The summed E-state index contributed by atoms with van der Waals surface area (Å²) in [4.78, 5) is 37.4. The van der Waals surface area contributed by atoms with E-state index in [4.69, 9.17) is 0 Å². The molecule has 0 aromatic rings. The molecule has 0 rings (SSSR count). The number of carbonyl (C=O) groups excluding carboxylic acids is 3. The first-order chi connectivity index (χ1) is 7.42. The summed E-state index contributed by atoms with van der Waals surface area (Å²) in [5.41, 5.74) is 0. The molecule has 16 heavy (non-hydrogen) atoms. The maximum Gasteiger partial charge on any atom is 0.242 e. The number of rotatable bonds is 6. The van der Waals surface area contributed by atoms with E-state index < -0.39 is 0 Å². The Bertz CT molecular complexity index is 268. The van der Waals surface area contributed by atoms with Gasteiger partial charge in [-0.1, -0.05) is 0 Å². The molecule has 0 aliphatic carbocycles. The Labute approximate surface area is 95.8 Å². The molecule has 0 heterocycles. The molecular weight excluding hydrogens is 210 g/mol. The molecular formula is C10H19N3O3. The molecule has 0 aliphatic rings. The van der Waals surface area contributed by atoms with Crippen LogP contribution in [0, 0.1) is 0 Å². The van der Waals surface area contributed by atoms with E-state index in [1.807, 2.05) is 6.92 Å². The van der Waals surface area contributed by atoms with E-state index in [0.29, 0.717) is 13.0 Å². The topological polar surface area (TPSA) is 60.9 Å². The molecule has 0 atom stereocenters. The van der Waals surface area contributed by atoms with E-state index in [2.05, 4.69) is 0 Å². The highest BCUT2D eigenvalue weighted by Gasteiger charge is 2.15. The average Bonchev–Trinajstić information content (AvgIpc) is 2.27. The number of amides is 3. The van der Waals surface area contributed by atoms with Gasteiger partial charge in [0, 0.05) is 27.7 Å². The summed E-state index contributed by atoms with van der Waals surface area (Å²) in [5.74, 6) is -0.375. The van der Waals surface area contributed by atoms with Crippen molar-refractivity contribution in [3.05, 3.63) is 0 Å². The van der Waals surface area contributed by atoms with Gasteiger partial charge in [0.05, 0.1) is 13.1 Å². The van der Waals surface area contributed by atoms with Crippen molar-refractivity contribution in [2.24, 2.45) is 0 Å². The summed E-state index contributed by atoms with van der Waals surface area (Å²) in [6.45, 7) is 2.49. The normalized spacial score (nSPS) is 9.50. The molecule has 0 aromatic heterocycles. The molecule has 0 saturated heterocycles. The van der Waals surface area contributed by atoms with Gasteiger partial charge < -0.3 is 14.7 Å². The van der Waals surface area contributed by atoms with Crippen LogP contribution in [0.15, 0.2) is 0 Å². The third kappa shape index (κ3) is 4.77. The lowest BCUT2D eigenvalue weighted by Crippen LogP contribution is -2.42. The minimum atomic E-state index is -0.257. The van der Waals surface area contributed by atoms with Crippen LogP contribution < -0.4 is 0 Å². The predicted octanol–water partition coefficient (Wildman–Crippen LogP) is -0.989. The van der Waals surface area contributed by atoms with Crippen LogP contribution in [0.25, 0.3) is 0 Å². The van der Waals surface area contributed by atoms with Gasteiger partial charge >= 0.3 is 0 Å². The first-order valence-electron chi connectivity index (χ1n) is 5.05. The summed E-state index contributed by atoms with van der Waals surface area (Å²) < 4.78 is 0. The minimum Gasteiger partial charge on any atom is -0.345 e. The van der Waals surface area contributed by atoms with Gasteiger partial charge in [-0.05, 0) is 6.92 Å². The van der Waals surface area contributed by atoms with Crippen molar-refractivity contribution in [3.8, 4) is 0 Å². The maximum absolute atomic E-state index is 11.5. The highest BCUT2D eigenvalue weighted by atomic mass is 16.2. The Morgan fingerprint density at radius 2 is 1.50 bits per heavy atom.